The van der Waals surface area contributed by atoms with E-state index in [1.54, 1.807) is 0 Å². The first-order chi connectivity index (χ1) is 18.3. The number of rotatable bonds is 8. The van der Waals surface area contributed by atoms with Gasteiger partial charge < -0.3 is 30.7 Å². The molecule has 11 nitrogen and oxygen atoms in total. The molecule has 1 aliphatic heterocycles. The number of carboxylic acids is 1. The Kier molecular flexibility index (Phi) is 9.66. The highest BCUT2D eigenvalue weighted by molar-refractivity contribution is 5.95. The number of ether oxygens (including phenoxy) is 1. The van der Waals surface area contributed by atoms with Gasteiger partial charge in [-0.2, -0.15) is 0 Å². The van der Waals surface area contributed by atoms with Gasteiger partial charge in [-0.1, -0.05) is 52.2 Å². The minimum Gasteiger partial charge on any atom is -0.480 e. The van der Waals surface area contributed by atoms with Crippen molar-refractivity contribution in [3.05, 3.63) is 12.2 Å². The molecule has 3 aliphatic rings. The van der Waals surface area contributed by atoms with E-state index in [-0.39, 0.29) is 24.3 Å². The zero-order valence-electron chi connectivity index (χ0n) is 23.7. The Balaban J connectivity index is 1.83. The molecule has 0 aromatic rings. The highest BCUT2D eigenvalue weighted by atomic mass is 16.5. The van der Waals surface area contributed by atoms with Crippen LogP contribution in [0.2, 0.25) is 0 Å². The third-order valence-electron chi connectivity index (χ3n) is 8.52. The summed E-state index contributed by atoms with van der Waals surface area (Å²) in [6.07, 6.45) is 5.03. The van der Waals surface area contributed by atoms with E-state index in [2.05, 4.69) is 27.3 Å². The molecule has 0 radical (unpaired) electrons. The van der Waals surface area contributed by atoms with Gasteiger partial charge in [-0.15, -0.1) is 0 Å². The number of hydrogen-bond acceptors (Lipinski definition) is 6. The van der Waals surface area contributed by atoms with Gasteiger partial charge in [0.1, 0.15) is 24.2 Å². The summed E-state index contributed by atoms with van der Waals surface area (Å²) in [5.74, 6) is -2.92. The summed E-state index contributed by atoms with van der Waals surface area (Å²) in [5.41, 5.74) is 0.235. The van der Waals surface area contributed by atoms with E-state index >= 15 is 0 Å². The van der Waals surface area contributed by atoms with Crippen molar-refractivity contribution in [1.82, 2.24) is 20.9 Å². The van der Waals surface area contributed by atoms with E-state index in [1.807, 2.05) is 20.8 Å². The van der Waals surface area contributed by atoms with Crippen LogP contribution in [0.4, 0.5) is 4.79 Å². The van der Waals surface area contributed by atoms with Gasteiger partial charge in [0.25, 0.3) is 0 Å². The summed E-state index contributed by atoms with van der Waals surface area (Å²) in [5, 5.41) is 18.1. The fourth-order valence-electron chi connectivity index (χ4n) is 6.27. The van der Waals surface area contributed by atoms with Crippen LogP contribution in [0, 0.1) is 23.2 Å². The number of nitrogens with zero attached hydrogens (tertiary/aromatic N) is 1. The van der Waals surface area contributed by atoms with Gasteiger partial charge in [-0.25, -0.2) is 9.59 Å². The smallest absolute Gasteiger partial charge is 0.407 e. The second kappa shape index (κ2) is 12.4. The SMILES string of the molecule is C=C1CC[C@H]2[C@@H]1CN(C(=O)C(NC(=O)[C@@H](NC(=O)[C@@H](C)NC(=O)OC)C1CCCCC1)C(C)(C)C)[C@@H]2C(=O)O. The fraction of sp³-hybridized carbons (Fsp3) is 0.750. The Morgan fingerprint density at radius 1 is 1.00 bits per heavy atom. The van der Waals surface area contributed by atoms with Gasteiger partial charge >= 0.3 is 12.1 Å². The lowest BCUT2D eigenvalue weighted by atomic mass is 9.82. The van der Waals surface area contributed by atoms with Gasteiger partial charge in [0.05, 0.1) is 7.11 Å². The molecule has 4 N–H and O–H groups in total. The number of carboxylic acid groups (broad SMARTS) is 1. The number of fused-ring (bicyclic) bond motifs is 1. The zero-order chi connectivity index (χ0) is 29.1. The monoisotopic (exact) mass is 548 g/mol. The van der Waals surface area contributed by atoms with E-state index in [0.717, 1.165) is 44.1 Å². The Bertz CT molecular complexity index is 985. The van der Waals surface area contributed by atoms with Crippen molar-refractivity contribution in [2.45, 2.75) is 96.8 Å². The van der Waals surface area contributed by atoms with Crippen LogP contribution in [0.25, 0.3) is 0 Å². The molecule has 1 heterocycles. The van der Waals surface area contributed by atoms with Crippen LogP contribution < -0.4 is 16.0 Å². The minimum atomic E-state index is -1.05. The average Bonchev–Trinajstić information content (AvgIpc) is 3.44. The Hall–Kier alpha value is -3.11. The molecule has 0 bridgehead atoms. The molecular weight excluding hydrogens is 504 g/mol. The first kappa shape index (κ1) is 30.4. The average molecular weight is 549 g/mol. The van der Waals surface area contributed by atoms with Crippen LogP contribution in [0.1, 0.15) is 72.6 Å². The predicted octanol–water partition coefficient (Wildman–Crippen LogP) is 2.20. The highest BCUT2D eigenvalue weighted by Gasteiger charge is 2.53. The molecule has 3 fully saturated rings. The number of nitrogens with one attached hydrogen (secondary N) is 3. The molecule has 6 atom stereocenters. The molecule has 2 aliphatic carbocycles. The van der Waals surface area contributed by atoms with Gasteiger partial charge in [0, 0.05) is 12.5 Å². The third kappa shape index (κ3) is 6.91. The molecule has 4 amide bonds. The number of methoxy groups -OCH3 is 1. The first-order valence-electron chi connectivity index (χ1n) is 13.9. The maximum Gasteiger partial charge on any atom is 0.407 e. The zero-order valence-corrected chi connectivity index (χ0v) is 23.7. The van der Waals surface area contributed by atoms with Crippen LogP contribution in [0.3, 0.4) is 0 Å². The molecule has 3 rings (SSSR count). The van der Waals surface area contributed by atoms with E-state index in [1.165, 1.54) is 18.9 Å². The fourth-order valence-corrected chi connectivity index (χ4v) is 6.27. The summed E-state index contributed by atoms with van der Waals surface area (Å²) in [4.78, 5) is 65.9. The number of carbonyl (C=O) groups is 5. The molecule has 11 heteroatoms. The number of likely N-dealkylation sites (tertiary alicyclic amines) is 1. The van der Waals surface area contributed by atoms with Crippen LogP contribution in [0.15, 0.2) is 12.2 Å². The second-order valence-corrected chi connectivity index (χ2v) is 12.3. The van der Waals surface area contributed by atoms with E-state index in [9.17, 15) is 29.1 Å². The largest absolute Gasteiger partial charge is 0.480 e. The topological polar surface area (TPSA) is 154 Å². The van der Waals surface area contributed by atoms with Gasteiger partial charge in [0.15, 0.2) is 0 Å². The van der Waals surface area contributed by atoms with E-state index in [0.29, 0.717) is 6.42 Å². The van der Waals surface area contributed by atoms with Crippen molar-refractivity contribution in [1.29, 1.82) is 0 Å². The maximum absolute atomic E-state index is 13.9. The van der Waals surface area contributed by atoms with Crippen LogP contribution in [-0.4, -0.2) is 77.6 Å². The lowest BCUT2D eigenvalue weighted by Crippen LogP contribution is -2.62. The number of amides is 4. The molecule has 1 saturated heterocycles. The summed E-state index contributed by atoms with van der Waals surface area (Å²) in [6, 6.07) is -3.83. The number of carbonyl (C=O) groups excluding carboxylic acids is 4. The van der Waals surface area contributed by atoms with Gasteiger partial charge in [0.2, 0.25) is 17.7 Å². The van der Waals surface area contributed by atoms with E-state index in [4.69, 9.17) is 0 Å². The van der Waals surface area contributed by atoms with Crippen molar-refractivity contribution in [2.75, 3.05) is 13.7 Å². The van der Waals surface area contributed by atoms with E-state index < -0.39 is 59.4 Å². The van der Waals surface area contributed by atoms with Crippen LogP contribution in [-0.2, 0) is 23.9 Å². The molecule has 0 aromatic heterocycles. The van der Waals surface area contributed by atoms with Crippen molar-refractivity contribution >= 4 is 29.8 Å². The molecule has 2 saturated carbocycles. The van der Waals surface area contributed by atoms with Crippen molar-refractivity contribution in [2.24, 2.45) is 23.2 Å². The number of hydrogen-bond donors (Lipinski definition) is 4. The maximum atomic E-state index is 13.9. The lowest BCUT2D eigenvalue weighted by Gasteiger charge is -2.37. The molecule has 39 heavy (non-hydrogen) atoms. The number of alkyl carbamates (subject to hydrolysis) is 1. The highest BCUT2D eigenvalue weighted by Crippen LogP contribution is 2.45. The van der Waals surface area contributed by atoms with Gasteiger partial charge in [-0.05, 0) is 49.9 Å². The Labute approximate surface area is 230 Å². The van der Waals surface area contributed by atoms with Crippen molar-refractivity contribution in [3.8, 4) is 0 Å². The summed E-state index contributed by atoms with van der Waals surface area (Å²) in [6.45, 7) is 11.3. The van der Waals surface area contributed by atoms with Crippen LogP contribution >= 0.6 is 0 Å². The van der Waals surface area contributed by atoms with Crippen molar-refractivity contribution in [3.63, 3.8) is 0 Å². The summed E-state index contributed by atoms with van der Waals surface area (Å²) >= 11 is 0. The summed E-state index contributed by atoms with van der Waals surface area (Å²) in [7, 11) is 1.19. The van der Waals surface area contributed by atoms with Crippen molar-refractivity contribution < 1.29 is 33.8 Å². The normalized spacial score (nSPS) is 25.7. The first-order valence-corrected chi connectivity index (χ1v) is 13.9. The molecular formula is C28H44N4O7. The Morgan fingerprint density at radius 2 is 1.64 bits per heavy atom. The Morgan fingerprint density at radius 3 is 2.21 bits per heavy atom. The van der Waals surface area contributed by atoms with Crippen LogP contribution in [0.5, 0.6) is 0 Å². The second-order valence-electron chi connectivity index (χ2n) is 12.3. The van der Waals surface area contributed by atoms with Gasteiger partial charge in [-0.3, -0.25) is 14.4 Å². The molecule has 218 valence electrons. The summed E-state index contributed by atoms with van der Waals surface area (Å²) < 4.78 is 4.57. The predicted molar refractivity (Wildman–Crippen MR) is 143 cm³/mol. The molecule has 0 spiro atoms. The molecule has 0 aromatic carbocycles. The lowest BCUT2D eigenvalue weighted by molar-refractivity contribution is -0.152. The molecule has 1 unspecified atom stereocenters. The standard InChI is InChI=1S/C28H44N4O7/c1-15-12-13-18-19(15)14-32(21(18)26(36)37)25(35)22(28(3,4)5)31-24(34)20(17-10-8-7-9-11-17)30-23(33)16(2)29-27(38)39-6/h16-22H,1,7-14H2,2-6H3,(H,29,38)(H,30,33)(H,31,34)(H,36,37)/t16-,18+,19-,20+,21+,22?/m1/s1. The number of aliphatic carboxylic acids is 1. The third-order valence-corrected chi connectivity index (χ3v) is 8.52. The quantitative estimate of drug-likeness (QED) is 0.339. The minimum absolute atomic E-state index is 0.0653.